The number of para-hydroxylation sites is 1. The molecule has 0 spiro atoms. The number of anilines is 3. The van der Waals surface area contributed by atoms with Crippen LogP contribution in [0.1, 0.15) is 0 Å². The Kier molecular flexibility index (Phi) is 7.53. The van der Waals surface area contributed by atoms with Crippen molar-refractivity contribution in [2.75, 3.05) is 4.90 Å². The van der Waals surface area contributed by atoms with E-state index in [1.54, 1.807) is 0 Å². The summed E-state index contributed by atoms with van der Waals surface area (Å²) < 4.78 is 6.34. The standard InChI is InChI=1S/C48H33NO/c1-3-12-34(13-4-1)37-16-9-18-39(30-37)40-19-10-17-38(31-40)36-24-26-42(27-25-36)49(43-21-11-20-41(32-43)35-14-5-2-6-15-35)44-28-29-46-45-22-7-8-23-47(45)50-48(46)33-44/h1-33H. The molecule has 0 aliphatic heterocycles. The fraction of sp³-hybridized carbons (Fsp3) is 0. The predicted octanol–water partition coefficient (Wildman–Crippen LogP) is 13.7. The van der Waals surface area contributed by atoms with Crippen LogP contribution in [0.4, 0.5) is 17.1 Å². The van der Waals surface area contributed by atoms with Crippen LogP contribution in [0.5, 0.6) is 0 Å². The fourth-order valence-electron chi connectivity index (χ4n) is 6.95. The van der Waals surface area contributed by atoms with Crippen molar-refractivity contribution in [1.29, 1.82) is 0 Å². The first-order chi connectivity index (χ1) is 24.8. The molecule has 9 aromatic rings. The third-order valence-electron chi connectivity index (χ3n) is 9.46. The minimum Gasteiger partial charge on any atom is -0.456 e. The van der Waals surface area contributed by atoms with Gasteiger partial charge in [0.1, 0.15) is 11.2 Å². The highest BCUT2D eigenvalue weighted by molar-refractivity contribution is 6.06. The van der Waals surface area contributed by atoms with Crippen molar-refractivity contribution in [3.05, 3.63) is 200 Å². The quantitative estimate of drug-likeness (QED) is 0.173. The average molecular weight is 640 g/mol. The number of nitrogens with zero attached hydrogens (tertiary/aromatic N) is 1. The van der Waals surface area contributed by atoms with Crippen molar-refractivity contribution >= 4 is 39.0 Å². The van der Waals surface area contributed by atoms with E-state index < -0.39 is 0 Å². The Hall–Kier alpha value is -6.64. The van der Waals surface area contributed by atoms with Crippen LogP contribution in [0.15, 0.2) is 205 Å². The molecule has 0 saturated carbocycles. The van der Waals surface area contributed by atoms with Gasteiger partial charge >= 0.3 is 0 Å². The smallest absolute Gasteiger partial charge is 0.137 e. The molecule has 0 saturated heterocycles. The van der Waals surface area contributed by atoms with Gasteiger partial charge in [0.2, 0.25) is 0 Å². The minimum absolute atomic E-state index is 0.873. The van der Waals surface area contributed by atoms with Gasteiger partial charge in [0.15, 0.2) is 0 Å². The van der Waals surface area contributed by atoms with Crippen molar-refractivity contribution in [2.45, 2.75) is 0 Å². The number of fused-ring (bicyclic) bond motifs is 3. The molecule has 9 rings (SSSR count). The van der Waals surface area contributed by atoms with E-state index in [-0.39, 0.29) is 0 Å². The summed E-state index contributed by atoms with van der Waals surface area (Å²) in [5.74, 6) is 0. The molecule has 2 nitrogen and oxygen atoms in total. The molecule has 1 heterocycles. The Bertz CT molecular complexity index is 2580. The molecule has 0 amide bonds. The summed E-state index contributed by atoms with van der Waals surface area (Å²) in [4.78, 5) is 2.31. The van der Waals surface area contributed by atoms with E-state index in [9.17, 15) is 0 Å². The summed E-state index contributed by atoms with van der Waals surface area (Å²) in [6.07, 6.45) is 0. The number of hydrogen-bond donors (Lipinski definition) is 0. The molecule has 8 aromatic carbocycles. The van der Waals surface area contributed by atoms with Gasteiger partial charge in [0.25, 0.3) is 0 Å². The molecular formula is C48H33NO. The molecule has 0 radical (unpaired) electrons. The number of rotatable bonds is 7. The third kappa shape index (κ3) is 5.63. The van der Waals surface area contributed by atoms with Gasteiger partial charge < -0.3 is 9.32 Å². The number of hydrogen-bond acceptors (Lipinski definition) is 2. The van der Waals surface area contributed by atoms with E-state index in [0.29, 0.717) is 0 Å². The summed E-state index contributed by atoms with van der Waals surface area (Å²) in [5.41, 5.74) is 14.5. The molecule has 0 aliphatic carbocycles. The summed E-state index contributed by atoms with van der Waals surface area (Å²) in [7, 11) is 0. The van der Waals surface area contributed by atoms with Crippen LogP contribution in [0.3, 0.4) is 0 Å². The molecule has 0 atom stereocenters. The summed E-state index contributed by atoms with van der Waals surface area (Å²) in [5, 5.41) is 2.25. The maximum atomic E-state index is 6.34. The topological polar surface area (TPSA) is 16.4 Å². The van der Waals surface area contributed by atoms with E-state index >= 15 is 0 Å². The molecule has 0 fully saturated rings. The lowest BCUT2D eigenvalue weighted by atomic mass is 9.96. The Morgan fingerprint density at radius 1 is 0.260 bits per heavy atom. The van der Waals surface area contributed by atoms with Gasteiger partial charge in [0, 0.05) is 33.9 Å². The molecule has 0 bridgehead atoms. The maximum absolute atomic E-state index is 6.34. The molecule has 50 heavy (non-hydrogen) atoms. The normalized spacial score (nSPS) is 11.2. The zero-order valence-electron chi connectivity index (χ0n) is 27.4. The van der Waals surface area contributed by atoms with Crippen LogP contribution < -0.4 is 4.90 Å². The van der Waals surface area contributed by atoms with Gasteiger partial charge in [-0.3, -0.25) is 0 Å². The summed E-state index contributed by atoms with van der Waals surface area (Å²) >= 11 is 0. The number of benzene rings is 8. The molecule has 0 unspecified atom stereocenters. The third-order valence-corrected chi connectivity index (χ3v) is 9.46. The first-order valence-electron chi connectivity index (χ1n) is 17.0. The van der Waals surface area contributed by atoms with Gasteiger partial charge in [-0.1, -0.05) is 140 Å². The fourth-order valence-corrected chi connectivity index (χ4v) is 6.95. The van der Waals surface area contributed by atoms with E-state index in [4.69, 9.17) is 4.42 Å². The first-order valence-corrected chi connectivity index (χ1v) is 17.0. The van der Waals surface area contributed by atoms with Gasteiger partial charge in [-0.25, -0.2) is 0 Å². The van der Waals surface area contributed by atoms with Crippen molar-refractivity contribution < 1.29 is 4.42 Å². The molecule has 1 aromatic heterocycles. The van der Waals surface area contributed by atoms with Gasteiger partial charge in [-0.15, -0.1) is 0 Å². The highest BCUT2D eigenvalue weighted by Gasteiger charge is 2.17. The highest BCUT2D eigenvalue weighted by Crippen LogP contribution is 2.40. The van der Waals surface area contributed by atoms with Crippen molar-refractivity contribution in [3.8, 4) is 44.5 Å². The SMILES string of the molecule is c1ccc(-c2cccc(-c3cccc(-c4ccc(N(c5cccc(-c6ccccc6)c5)c5ccc6c(c5)oc5ccccc56)cc4)c3)c2)cc1. The highest BCUT2D eigenvalue weighted by atomic mass is 16.3. The lowest BCUT2D eigenvalue weighted by Gasteiger charge is -2.26. The molecule has 0 N–H and O–H groups in total. The number of furan rings is 1. The second-order valence-electron chi connectivity index (χ2n) is 12.6. The lowest BCUT2D eigenvalue weighted by molar-refractivity contribution is 0.669. The van der Waals surface area contributed by atoms with Gasteiger partial charge in [-0.05, 0) is 99.1 Å². The van der Waals surface area contributed by atoms with Gasteiger partial charge in [-0.2, -0.15) is 0 Å². The average Bonchev–Trinajstić information content (AvgIpc) is 3.57. The van der Waals surface area contributed by atoms with E-state index in [1.807, 2.05) is 12.1 Å². The predicted molar refractivity (Wildman–Crippen MR) is 210 cm³/mol. The largest absolute Gasteiger partial charge is 0.456 e. The Labute approximate surface area is 292 Å². The molecular weight excluding hydrogens is 607 g/mol. The van der Waals surface area contributed by atoms with Crippen LogP contribution in [0, 0.1) is 0 Å². The second-order valence-corrected chi connectivity index (χ2v) is 12.6. The van der Waals surface area contributed by atoms with Crippen LogP contribution in [0.2, 0.25) is 0 Å². The lowest BCUT2D eigenvalue weighted by Crippen LogP contribution is -2.10. The minimum atomic E-state index is 0.873. The summed E-state index contributed by atoms with van der Waals surface area (Å²) in [6.45, 7) is 0. The van der Waals surface area contributed by atoms with Crippen molar-refractivity contribution in [1.82, 2.24) is 0 Å². The van der Waals surface area contributed by atoms with E-state index in [2.05, 4.69) is 193 Å². The Morgan fingerprint density at radius 2 is 0.700 bits per heavy atom. The zero-order chi connectivity index (χ0) is 33.3. The van der Waals surface area contributed by atoms with Crippen LogP contribution in [0.25, 0.3) is 66.4 Å². The van der Waals surface area contributed by atoms with E-state index in [1.165, 1.54) is 44.5 Å². The Morgan fingerprint density at radius 3 is 1.34 bits per heavy atom. The zero-order valence-corrected chi connectivity index (χ0v) is 27.4. The molecule has 0 aliphatic rings. The summed E-state index contributed by atoms with van der Waals surface area (Å²) in [6, 6.07) is 71.1. The van der Waals surface area contributed by atoms with Crippen LogP contribution >= 0.6 is 0 Å². The van der Waals surface area contributed by atoms with Crippen molar-refractivity contribution in [2.24, 2.45) is 0 Å². The molecule has 236 valence electrons. The van der Waals surface area contributed by atoms with Crippen LogP contribution in [-0.2, 0) is 0 Å². The van der Waals surface area contributed by atoms with Crippen LogP contribution in [-0.4, -0.2) is 0 Å². The van der Waals surface area contributed by atoms with Crippen molar-refractivity contribution in [3.63, 3.8) is 0 Å². The van der Waals surface area contributed by atoms with E-state index in [0.717, 1.165) is 39.0 Å². The first kappa shape index (κ1) is 29.5. The monoisotopic (exact) mass is 639 g/mol. The maximum Gasteiger partial charge on any atom is 0.137 e. The second kappa shape index (κ2) is 12.8. The molecule has 2 heteroatoms. The Balaban J connectivity index is 1.10. The van der Waals surface area contributed by atoms with Gasteiger partial charge in [0.05, 0.1) is 0 Å².